The second-order valence-electron chi connectivity index (χ2n) is 19.7. The molecule has 15 N–H and O–H groups in total. The van der Waals surface area contributed by atoms with Crippen molar-refractivity contribution in [2.75, 3.05) is 58.9 Å². The Morgan fingerprint density at radius 1 is 0.568 bits per heavy atom. The summed E-state index contributed by atoms with van der Waals surface area (Å²) in [5.74, 6) is -6.50. The summed E-state index contributed by atoms with van der Waals surface area (Å²) in [5, 5.41) is 20.6. The van der Waals surface area contributed by atoms with Gasteiger partial charge in [0.2, 0.25) is 53.2 Å². The van der Waals surface area contributed by atoms with E-state index >= 15 is 0 Å². The van der Waals surface area contributed by atoms with Gasteiger partial charge in [-0.3, -0.25) is 53.1 Å². The molecule has 0 unspecified atom stereocenters. The Labute approximate surface area is 430 Å². The van der Waals surface area contributed by atoms with E-state index in [2.05, 4.69) is 31.3 Å². The van der Waals surface area contributed by atoms with E-state index in [1.807, 2.05) is 6.92 Å². The van der Waals surface area contributed by atoms with E-state index < -0.39 is 114 Å². The van der Waals surface area contributed by atoms with E-state index in [0.29, 0.717) is 70.6 Å². The van der Waals surface area contributed by atoms with Gasteiger partial charge < -0.3 is 79.5 Å². The Morgan fingerprint density at radius 2 is 1.00 bits per heavy atom. The molecule has 0 aromatic heterocycles. The number of carbonyl (C=O) groups excluding carboxylic acids is 9. The molecule has 5 aliphatic heterocycles. The predicted octanol–water partition coefficient (Wildman–Crippen LogP) is -4.29. The minimum absolute atomic E-state index is 0.0495. The first-order chi connectivity index (χ1) is 35.3. The molecule has 27 nitrogen and oxygen atoms in total. The van der Waals surface area contributed by atoms with Crippen molar-refractivity contribution in [2.24, 2.45) is 44.6 Å². The summed E-state index contributed by atoms with van der Waals surface area (Å²) in [6.07, 6.45) is 5.46. The van der Waals surface area contributed by atoms with Crippen LogP contribution in [0.2, 0.25) is 0 Å². The van der Waals surface area contributed by atoms with Crippen molar-refractivity contribution in [1.29, 1.82) is 0 Å². The van der Waals surface area contributed by atoms with Crippen LogP contribution in [-0.4, -0.2) is 208 Å². The van der Waals surface area contributed by atoms with E-state index in [9.17, 15) is 53.1 Å². The molecule has 0 radical (unpaired) electrons. The predicted molar refractivity (Wildman–Crippen MR) is 268 cm³/mol. The molecule has 0 aliphatic carbocycles. The Hall–Kier alpha value is -6.80. The molecule has 0 spiro atoms. The Bertz CT molecular complexity index is 2140. The van der Waals surface area contributed by atoms with Crippen LogP contribution in [0.4, 0.5) is 0 Å². The lowest BCUT2D eigenvalue weighted by atomic mass is 9.96. The molecule has 0 saturated carbocycles. The van der Waals surface area contributed by atoms with Crippen molar-refractivity contribution in [3.63, 3.8) is 0 Å². The van der Waals surface area contributed by atoms with Crippen LogP contribution >= 0.6 is 0 Å². The maximum Gasteiger partial charge on any atom is 0.326 e. The quantitative estimate of drug-likeness (QED) is 0.0248. The number of rotatable bonds is 24. The molecule has 5 fully saturated rings. The highest BCUT2D eigenvalue weighted by molar-refractivity contribution is 5.98. The van der Waals surface area contributed by atoms with E-state index in [1.54, 1.807) is 6.92 Å². The first kappa shape index (κ1) is 58.1. The monoisotopic (exact) mass is 1040 g/mol. The summed E-state index contributed by atoms with van der Waals surface area (Å²) >= 11 is 0. The lowest BCUT2D eigenvalue weighted by Crippen LogP contribution is -2.59. The SMILES string of the molecule is CC[C@H](C)[C@H](NC(=O)[C@@H]1CCCN1C(=O)[C@@H]1CCCN1C(=O)CNC(=O)[C@@H]1CCCN1C(=O)[C@@H]1CCCN1C(=O)[C@H](CCCN=C(N)N)NC(=O)CN)C(=O)N1CCC[C@H]1C(=O)N[C@@H](CCCN=C(N)N)C(=O)O. The third kappa shape index (κ3) is 14.9. The number of guanidine groups is 2. The molecule has 5 rings (SSSR count). The lowest BCUT2D eigenvalue weighted by molar-refractivity contribution is -0.149. The molecule has 74 heavy (non-hydrogen) atoms. The highest BCUT2D eigenvalue weighted by Gasteiger charge is 2.47. The Balaban J connectivity index is 1.17. The van der Waals surface area contributed by atoms with Crippen LogP contribution in [0, 0.1) is 5.92 Å². The van der Waals surface area contributed by atoms with Gasteiger partial charge in [-0.05, 0) is 95.8 Å². The molecule has 9 amide bonds. The van der Waals surface area contributed by atoms with Crippen LogP contribution in [0.1, 0.15) is 110 Å². The van der Waals surface area contributed by atoms with Crippen LogP contribution in [0.15, 0.2) is 9.98 Å². The largest absolute Gasteiger partial charge is 0.480 e. The molecule has 0 aromatic carbocycles. The van der Waals surface area contributed by atoms with Crippen molar-refractivity contribution in [1.82, 2.24) is 45.8 Å². The highest BCUT2D eigenvalue weighted by atomic mass is 16.4. The topological polar surface area (TPSA) is 410 Å². The fourth-order valence-electron chi connectivity index (χ4n) is 10.6. The van der Waals surface area contributed by atoms with E-state index in [0.717, 1.165) is 0 Å². The number of amides is 9. The van der Waals surface area contributed by atoms with Gasteiger partial charge in [0.05, 0.1) is 13.1 Å². The minimum atomic E-state index is -1.25. The highest BCUT2D eigenvalue weighted by Crippen LogP contribution is 2.29. The summed E-state index contributed by atoms with van der Waals surface area (Å²) in [4.78, 5) is 151. The summed E-state index contributed by atoms with van der Waals surface area (Å²) in [7, 11) is 0. The first-order valence-electron chi connectivity index (χ1n) is 26.0. The summed E-state index contributed by atoms with van der Waals surface area (Å²) in [5.41, 5.74) is 27.1. The van der Waals surface area contributed by atoms with Gasteiger partial charge in [0, 0.05) is 45.8 Å². The fourth-order valence-corrected chi connectivity index (χ4v) is 10.6. The summed E-state index contributed by atoms with van der Waals surface area (Å²) in [6.45, 7) is 4.44. The smallest absolute Gasteiger partial charge is 0.326 e. The number of nitrogens with one attached hydrogen (secondary N) is 4. The van der Waals surface area contributed by atoms with E-state index in [4.69, 9.17) is 28.7 Å². The number of carbonyl (C=O) groups is 10. The van der Waals surface area contributed by atoms with Crippen LogP contribution in [0.25, 0.3) is 0 Å². The summed E-state index contributed by atoms with van der Waals surface area (Å²) in [6, 6.07) is -7.91. The number of hydrogen-bond acceptors (Lipinski definition) is 13. The summed E-state index contributed by atoms with van der Waals surface area (Å²) < 4.78 is 0. The van der Waals surface area contributed by atoms with Gasteiger partial charge in [0.25, 0.3) is 0 Å². The maximum atomic E-state index is 14.3. The van der Waals surface area contributed by atoms with Crippen molar-refractivity contribution in [3.8, 4) is 0 Å². The third-order valence-electron chi connectivity index (χ3n) is 14.7. The Morgan fingerprint density at radius 3 is 1.50 bits per heavy atom. The zero-order chi connectivity index (χ0) is 54.2. The van der Waals surface area contributed by atoms with Crippen LogP contribution in [0.5, 0.6) is 0 Å². The third-order valence-corrected chi connectivity index (χ3v) is 14.7. The average molecular weight is 1040 g/mol. The Kier molecular flexibility index (Phi) is 21.6. The van der Waals surface area contributed by atoms with Crippen molar-refractivity contribution >= 4 is 71.1 Å². The number of hydrogen-bond donors (Lipinski definition) is 10. The molecule has 0 bridgehead atoms. The molecule has 5 heterocycles. The lowest BCUT2D eigenvalue weighted by Gasteiger charge is -2.34. The second kappa shape index (κ2) is 27.5. The maximum absolute atomic E-state index is 14.3. The van der Waals surface area contributed by atoms with Crippen molar-refractivity contribution in [2.45, 2.75) is 158 Å². The van der Waals surface area contributed by atoms with Gasteiger partial charge in [-0.1, -0.05) is 20.3 Å². The number of carboxylic acid groups (broad SMARTS) is 1. The van der Waals surface area contributed by atoms with Crippen molar-refractivity contribution in [3.05, 3.63) is 0 Å². The number of likely N-dealkylation sites (tertiary alicyclic amines) is 5. The van der Waals surface area contributed by atoms with E-state index in [1.165, 1.54) is 24.5 Å². The standard InChI is InChI=1S/C47H78N16O11/c1-3-27(2)37(44(72)62-23-8-14-31(62)39(67)57-29(45(73)74)12-5-19-54-47(51)52)58-40(68)32-15-7-22-61(32)42(70)33-16-9-20-59(33)36(65)26-55-38(66)30-13-6-21-60(30)43(71)34-17-10-24-63(34)41(69)28(56-35(64)25-48)11-4-18-53-46(49)50/h27-34,37H,3-26,48H2,1-2H3,(H,55,66)(H,56,64)(H,57,67)(H,58,68)(H,73,74)(H4,49,50,53)(H4,51,52,54)/t27-,28-,29-,30-,31-,32-,33-,34-,37-/m0/s1. The van der Waals surface area contributed by atoms with Gasteiger partial charge in [0.15, 0.2) is 11.9 Å². The van der Waals surface area contributed by atoms with Crippen molar-refractivity contribution < 1.29 is 53.1 Å². The average Bonchev–Trinajstić information content (AvgIpc) is 4.24. The normalized spacial score (nSPS) is 23.1. The second-order valence-corrected chi connectivity index (χ2v) is 19.7. The molecule has 9 atom stereocenters. The zero-order valence-electron chi connectivity index (χ0n) is 42.7. The zero-order valence-corrected chi connectivity index (χ0v) is 42.7. The molecule has 5 aliphatic rings. The fraction of sp³-hybridized carbons (Fsp3) is 0.745. The molecular formula is C47H78N16O11. The molecule has 0 aromatic rings. The number of aliphatic carboxylic acids is 1. The van der Waals surface area contributed by atoms with Gasteiger partial charge in [0.1, 0.15) is 48.3 Å². The first-order valence-corrected chi connectivity index (χ1v) is 26.0. The van der Waals surface area contributed by atoms with Gasteiger partial charge in [-0.2, -0.15) is 0 Å². The number of nitrogens with two attached hydrogens (primary N) is 5. The molecule has 27 heteroatoms. The molecule has 5 saturated heterocycles. The number of carboxylic acids is 1. The number of aliphatic imine (C=N–C) groups is 2. The van der Waals surface area contributed by atoms with Gasteiger partial charge in [-0.25, -0.2) is 4.79 Å². The van der Waals surface area contributed by atoms with Gasteiger partial charge >= 0.3 is 5.97 Å². The number of nitrogens with zero attached hydrogens (tertiary/aromatic N) is 7. The van der Waals surface area contributed by atoms with Crippen LogP contribution < -0.4 is 49.9 Å². The molecule has 412 valence electrons. The minimum Gasteiger partial charge on any atom is -0.480 e. The van der Waals surface area contributed by atoms with Crippen LogP contribution in [0.3, 0.4) is 0 Å². The van der Waals surface area contributed by atoms with Gasteiger partial charge in [-0.15, -0.1) is 0 Å². The molecular weight excluding hydrogens is 965 g/mol. The van der Waals surface area contributed by atoms with Crippen LogP contribution in [-0.2, 0) is 47.9 Å². The van der Waals surface area contributed by atoms with E-state index in [-0.39, 0.29) is 95.9 Å².